The molecule has 0 unspecified atom stereocenters. The lowest BCUT2D eigenvalue weighted by Gasteiger charge is -2.13. The molecular weight excluding hydrogens is 268 g/mol. The highest BCUT2D eigenvalue weighted by molar-refractivity contribution is 5.51. The van der Waals surface area contributed by atoms with Crippen molar-refractivity contribution in [1.29, 1.82) is 0 Å². The topological polar surface area (TPSA) is 47.9 Å². The second-order valence-electron chi connectivity index (χ2n) is 5.19. The third-order valence-corrected chi connectivity index (χ3v) is 3.61. The maximum Gasteiger partial charge on any atom is 0.231 e. The number of aliphatic hydroxyl groups excluding tert-OH is 1. The van der Waals surface area contributed by atoms with Gasteiger partial charge in [0, 0.05) is 11.6 Å². The lowest BCUT2D eigenvalue weighted by molar-refractivity contribution is 0.173. The molecule has 0 saturated heterocycles. The predicted octanol–water partition coefficient (Wildman–Crippen LogP) is 3.10. The standard InChI is InChI=1S/C17H18O4/c1-11-3-4-12(2)14(5-11)9-19-15-7-17-16(20-10-21-17)6-13(15)8-18/h3-7,18H,8-10H2,1-2H3. The molecule has 0 radical (unpaired) electrons. The normalized spacial score (nSPS) is 12.5. The summed E-state index contributed by atoms with van der Waals surface area (Å²) in [7, 11) is 0. The molecule has 4 heteroatoms. The van der Waals surface area contributed by atoms with Gasteiger partial charge in [0.05, 0.1) is 6.61 Å². The fraction of sp³-hybridized carbons (Fsp3) is 0.294. The summed E-state index contributed by atoms with van der Waals surface area (Å²) in [6.07, 6.45) is 0. The molecule has 4 nitrogen and oxygen atoms in total. The van der Waals surface area contributed by atoms with Crippen LogP contribution in [0.4, 0.5) is 0 Å². The van der Waals surface area contributed by atoms with Crippen LogP contribution in [0.15, 0.2) is 30.3 Å². The Morgan fingerprint density at radius 3 is 2.57 bits per heavy atom. The zero-order valence-electron chi connectivity index (χ0n) is 12.2. The van der Waals surface area contributed by atoms with Crippen molar-refractivity contribution in [3.8, 4) is 17.2 Å². The van der Waals surface area contributed by atoms with Crippen molar-refractivity contribution < 1.29 is 19.3 Å². The molecule has 0 spiro atoms. The molecule has 110 valence electrons. The number of rotatable bonds is 4. The van der Waals surface area contributed by atoms with Crippen LogP contribution in [0, 0.1) is 13.8 Å². The Morgan fingerprint density at radius 2 is 1.81 bits per heavy atom. The summed E-state index contributed by atoms with van der Waals surface area (Å²) >= 11 is 0. The monoisotopic (exact) mass is 286 g/mol. The molecule has 1 aliphatic rings. The second-order valence-corrected chi connectivity index (χ2v) is 5.19. The van der Waals surface area contributed by atoms with Gasteiger partial charge >= 0.3 is 0 Å². The van der Waals surface area contributed by atoms with E-state index < -0.39 is 0 Å². The first kappa shape index (κ1) is 13.8. The van der Waals surface area contributed by atoms with E-state index in [0.717, 1.165) is 5.56 Å². The number of fused-ring (bicyclic) bond motifs is 1. The average molecular weight is 286 g/mol. The Kier molecular flexibility index (Phi) is 3.71. The lowest BCUT2D eigenvalue weighted by Crippen LogP contribution is -2.01. The SMILES string of the molecule is Cc1ccc(C)c(COc2cc3c(cc2CO)OCO3)c1. The molecule has 0 fully saturated rings. The van der Waals surface area contributed by atoms with E-state index in [1.165, 1.54) is 11.1 Å². The number of hydrogen-bond donors (Lipinski definition) is 1. The number of aliphatic hydroxyl groups is 1. The number of hydrogen-bond acceptors (Lipinski definition) is 4. The van der Waals surface area contributed by atoms with Gasteiger partial charge in [0.2, 0.25) is 6.79 Å². The van der Waals surface area contributed by atoms with Gasteiger partial charge in [0.15, 0.2) is 11.5 Å². The molecule has 1 N–H and O–H groups in total. The van der Waals surface area contributed by atoms with E-state index in [1.807, 2.05) is 0 Å². The van der Waals surface area contributed by atoms with Gasteiger partial charge in [-0.1, -0.05) is 23.8 Å². The predicted molar refractivity (Wildman–Crippen MR) is 78.7 cm³/mol. The summed E-state index contributed by atoms with van der Waals surface area (Å²) in [5.41, 5.74) is 4.22. The maximum absolute atomic E-state index is 9.47. The van der Waals surface area contributed by atoms with E-state index in [4.69, 9.17) is 14.2 Å². The fourth-order valence-corrected chi connectivity index (χ4v) is 2.33. The minimum atomic E-state index is -0.0984. The minimum absolute atomic E-state index is 0.0984. The van der Waals surface area contributed by atoms with E-state index in [-0.39, 0.29) is 13.4 Å². The summed E-state index contributed by atoms with van der Waals surface area (Å²) < 4.78 is 16.5. The molecule has 0 atom stereocenters. The van der Waals surface area contributed by atoms with Crippen molar-refractivity contribution >= 4 is 0 Å². The van der Waals surface area contributed by atoms with Gasteiger partial charge in [0.1, 0.15) is 12.4 Å². The van der Waals surface area contributed by atoms with Crippen LogP contribution in [-0.2, 0) is 13.2 Å². The van der Waals surface area contributed by atoms with Gasteiger partial charge in [0.25, 0.3) is 0 Å². The lowest BCUT2D eigenvalue weighted by atomic mass is 10.1. The van der Waals surface area contributed by atoms with Gasteiger partial charge in [-0.2, -0.15) is 0 Å². The first-order valence-electron chi connectivity index (χ1n) is 6.89. The Labute approximate surface area is 123 Å². The minimum Gasteiger partial charge on any atom is -0.488 e. The van der Waals surface area contributed by atoms with E-state index in [1.54, 1.807) is 12.1 Å². The van der Waals surface area contributed by atoms with Gasteiger partial charge in [-0.15, -0.1) is 0 Å². The third-order valence-electron chi connectivity index (χ3n) is 3.61. The zero-order valence-corrected chi connectivity index (χ0v) is 12.2. The van der Waals surface area contributed by atoms with E-state index in [9.17, 15) is 5.11 Å². The van der Waals surface area contributed by atoms with Crippen molar-refractivity contribution in [3.63, 3.8) is 0 Å². The summed E-state index contributed by atoms with van der Waals surface area (Å²) in [5.74, 6) is 1.93. The molecule has 2 aromatic rings. The molecule has 0 aromatic heterocycles. The van der Waals surface area contributed by atoms with Gasteiger partial charge in [-0.3, -0.25) is 0 Å². The zero-order chi connectivity index (χ0) is 14.8. The van der Waals surface area contributed by atoms with E-state index in [0.29, 0.717) is 29.4 Å². The molecule has 0 bridgehead atoms. The second kappa shape index (κ2) is 5.66. The molecule has 2 aromatic carbocycles. The third kappa shape index (κ3) is 2.81. The van der Waals surface area contributed by atoms with Crippen LogP contribution in [-0.4, -0.2) is 11.9 Å². The quantitative estimate of drug-likeness (QED) is 0.938. The van der Waals surface area contributed by atoms with Crippen LogP contribution < -0.4 is 14.2 Å². The van der Waals surface area contributed by atoms with Crippen molar-refractivity contribution in [2.24, 2.45) is 0 Å². The maximum atomic E-state index is 9.47. The highest BCUT2D eigenvalue weighted by Gasteiger charge is 2.18. The summed E-state index contributed by atoms with van der Waals surface area (Å²) in [4.78, 5) is 0. The molecule has 1 aliphatic heterocycles. The van der Waals surface area contributed by atoms with Crippen molar-refractivity contribution in [1.82, 2.24) is 0 Å². The Morgan fingerprint density at radius 1 is 1.05 bits per heavy atom. The van der Waals surface area contributed by atoms with Crippen molar-refractivity contribution in [2.75, 3.05) is 6.79 Å². The summed E-state index contributed by atoms with van der Waals surface area (Å²) in [6.45, 7) is 4.69. The Bertz CT molecular complexity index is 664. The largest absolute Gasteiger partial charge is 0.488 e. The molecule has 0 amide bonds. The van der Waals surface area contributed by atoms with E-state index in [2.05, 4.69) is 32.0 Å². The van der Waals surface area contributed by atoms with Crippen LogP contribution in [0.2, 0.25) is 0 Å². The van der Waals surface area contributed by atoms with Crippen LogP contribution in [0.5, 0.6) is 17.2 Å². The summed E-state index contributed by atoms with van der Waals surface area (Å²) in [6, 6.07) is 9.82. The van der Waals surface area contributed by atoms with Crippen LogP contribution in [0.1, 0.15) is 22.3 Å². The van der Waals surface area contributed by atoms with Crippen molar-refractivity contribution in [3.05, 3.63) is 52.6 Å². The first-order valence-corrected chi connectivity index (χ1v) is 6.89. The van der Waals surface area contributed by atoms with Crippen LogP contribution >= 0.6 is 0 Å². The number of benzene rings is 2. The Balaban J connectivity index is 1.83. The Hall–Kier alpha value is -2.20. The van der Waals surface area contributed by atoms with Gasteiger partial charge in [-0.25, -0.2) is 0 Å². The average Bonchev–Trinajstić information content (AvgIpc) is 2.94. The smallest absolute Gasteiger partial charge is 0.231 e. The first-order chi connectivity index (χ1) is 10.2. The highest BCUT2D eigenvalue weighted by atomic mass is 16.7. The van der Waals surface area contributed by atoms with Crippen LogP contribution in [0.3, 0.4) is 0 Å². The molecule has 3 rings (SSSR count). The number of ether oxygens (including phenoxy) is 3. The fourth-order valence-electron chi connectivity index (χ4n) is 2.33. The molecule has 1 heterocycles. The molecular formula is C17H18O4. The van der Waals surface area contributed by atoms with Crippen LogP contribution in [0.25, 0.3) is 0 Å². The van der Waals surface area contributed by atoms with Gasteiger partial charge in [-0.05, 0) is 31.0 Å². The number of aryl methyl sites for hydroxylation is 2. The highest BCUT2D eigenvalue weighted by Crippen LogP contribution is 2.38. The van der Waals surface area contributed by atoms with E-state index >= 15 is 0 Å². The van der Waals surface area contributed by atoms with Crippen molar-refractivity contribution in [2.45, 2.75) is 27.1 Å². The van der Waals surface area contributed by atoms with Gasteiger partial charge < -0.3 is 19.3 Å². The molecule has 0 saturated carbocycles. The summed E-state index contributed by atoms with van der Waals surface area (Å²) in [5, 5.41) is 9.47. The molecule has 21 heavy (non-hydrogen) atoms. The molecule has 0 aliphatic carbocycles.